The second-order valence-corrected chi connectivity index (χ2v) is 6.39. The number of methoxy groups -OCH3 is 1. The van der Waals surface area contributed by atoms with Gasteiger partial charge < -0.3 is 19.9 Å². The molecule has 0 aliphatic heterocycles. The highest BCUT2D eigenvalue weighted by Gasteiger charge is 2.20. The molecule has 0 aromatic heterocycles. The van der Waals surface area contributed by atoms with E-state index in [-0.39, 0.29) is 25.5 Å². The van der Waals surface area contributed by atoms with Crippen LogP contribution in [0.3, 0.4) is 0 Å². The van der Waals surface area contributed by atoms with Crippen molar-refractivity contribution in [3.05, 3.63) is 59.2 Å². The van der Waals surface area contributed by atoms with E-state index in [9.17, 15) is 14.7 Å². The molecule has 144 valence electrons. The quantitative estimate of drug-likeness (QED) is 0.708. The molecular weight excluding hydrogens is 346 g/mol. The predicted molar refractivity (Wildman–Crippen MR) is 102 cm³/mol. The van der Waals surface area contributed by atoms with E-state index in [0.717, 1.165) is 16.7 Å². The average Bonchev–Trinajstić information content (AvgIpc) is 2.66. The van der Waals surface area contributed by atoms with Crippen LogP contribution in [0, 0.1) is 19.8 Å². The van der Waals surface area contributed by atoms with Crippen molar-refractivity contribution in [2.24, 2.45) is 5.92 Å². The van der Waals surface area contributed by atoms with Crippen LogP contribution >= 0.6 is 0 Å². The number of aryl methyl sites for hydroxylation is 2. The number of benzene rings is 2. The highest BCUT2D eigenvalue weighted by Crippen LogP contribution is 2.21. The number of aliphatic carboxylic acids is 1. The molecule has 0 fully saturated rings. The fourth-order valence-corrected chi connectivity index (χ4v) is 2.62. The van der Waals surface area contributed by atoms with Gasteiger partial charge in [-0.25, -0.2) is 0 Å². The Balaban J connectivity index is 1.88. The first-order chi connectivity index (χ1) is 12.9. The molecule has 0 heterocycles. The molecule has 6 nitrogen and oxygen atoms in total. The molecule has 1 atom stereocenters. The van der Waals surface area contributed by atoms with Gasteiger partial charge in [0.15, 0.2) is 6.61 Å². The van der Waals surface area contributed by atoms with Gasteiger partial charge in [0.2, 0.25) is 0 Å². The Hall–Kier alpha value is -3.02. The van der Waals surface area contributed by atoms with Gasteiger partial charge in [0.05, 0.1) is 13.0 Å². The van der Waals surface area contributed by atoms with Gasteiger partial charge in [-0.05, 0) is 55.2 Å². The molecule has 1 amide bonds. The third-order valence-corrected chi connectivity index (χ3v) is 4.40. The van der Waals surface area contributed by atoms with Crippen LogP contribution in [0.5, 0.6) is 11.5 Å². The van der Waals surface area contributed by atoms with Crippen LogP contribution in [-0.2, 0) is 16.0 Å². The Kier molecular flexibility index (Phi) is 7.23. The van der Waals surface area contributed by atoms with Gasteiger partial charge in [0.25, 0.3) is 5.91 Å². The fraction of sp³-hybridized carbons (Fsp3) is 0.333. The summed E-state index contributed by atoms with van der Waals surface area (Å²) in [6, 6.07) is 12.8. The smallest absolute Gasteiger partial charge is 0.308 e. The Morgan fingerprint density at radius 2 is 1.85 bits per heavy atom. The highest BCUT2D eigenvalue weighted by molar-refractivity contribution is 5.78. The maximum Gasteiger partial charge on any atom is 0.308 e. The topological polar surface area (TPSA) is 84.9 Å². The van der Waals surface area contributed by atoms with E-state index in [1.807, 2.05) is 44.2 Å². The molecule has 1 unspecified atom stereocenters. The van der Waals surface area contributed by atoms with Gasteiger partial charge >= 0.3 is 5.97 Å². The number of ether oxygens (including phenoxy) is 2. The van der Waals surface area contributed by atoms with Crippen molar-refractivity contribution in [2.45, 2.75) is 20.3 Å². The van der Waals surface area contributed by atoms with Gasteiger partial charge in [-0.3, -0.25) is 9.59 Å². The van der Waals surface area contributed by atoms with Crippen molar-refractivity contribution >= 4 is 11.9 Å². The molecule has 0 aliphatic rings. The number of carbonyl (C=O) groups excluding carboxylic acids is 1. The summed E-state index contributed by atoms with van der Waals surface area (Å²) < 4.78 is 10.7. The zero-order chi connectivity index (χ0) is 19.8. The second-order valence-electron chi connectivity index (χ2n) is 6.39. The summed E-state index contributed by atoms with van der Waals surface area (Å²) in [7, 11) is 1.54. The Bertz CT molecular complexity index is 803. The van der Waals surface area contributed by atoms with Gasteiger partial charge in [0, 0.05) is 6.54 Å². The zero-order valence-electron chi connectivity index (χ0n) is 15.8. The second kappa shape index (κ2) is 9.62. The van der Waals surface area contributed by atoms with Gasteiger partial charge in [-0.1, -0.05) is 24.3 Å². The largest absolute Gasteiger partial charge is 0.496 e. The van der Waals surface area contributed by atoms with Crippen LogP contribution < -0.4 is 14.8 Å². The van der Waals surface area contributed by atoms with Crippen molar-refractivity contribution < 1.29 is 24.2 Å². The lowest BCUT2D eigenvalue weighted by molar-refractivity contribution is -0.141. The first-order valence-corrected chi connectivity index (χ1v) is 8.72. The zero-order valence-corrected chi connectivity index (χ0v) is 15.8. The maximum absolute atomic E-state index is 12.0. The molecule has 0 spiro atoms. The molecule has 2 aromatic rings. The molecule has 2 N–H and O–H groups in total. The van der Waals surface area contributed by atoms with Crippen LogP contribution in [0.1, 0.15) is 16.7 Å². The average molecular weight is 371 g/mol. The van der Waals surface area contributed by atoms with E-state index in [1.165, 1.54) is 0 Å². The lowest BCUT2D eigenvalue weighted by Crippen LogP contribution is -2.36. The molecule has 2 rings (SSSR count). The van der Waals surface area contributed by atoms with Crippen LogP contribution in [-0.4, -0.2) is 37.2 Å². The van der Waals surface area contributed by atoms with E-state index in [2.05, 4.69) is 5.32 Å². The van der Waals surface area contributed by atoms with Crippen molar-refractivity contribution in [1.82, 2.24) is 5.32 Å². The first-order valence-electron chi connectivity index (χ1n) is 8.72. The van der Waals surface area contributed by atoms with Crippen molar-refractivity contribution in [1.29, 1.82) is 0 Å². The van der Waals surface area contributed by atoms with E-state index in [4.69, 9.17) is 9.47 Å². The molecular formula is C21H25NO5. The number of rotatable bonds is 9. The van der Waals surface area contributed by atoms with Crippen molar-refractivity contribution in [3.8, 4) is 11.5 Å². The summed E-state index contributed by atoms with van der Waals surface area (Å²) in [4.78, 5) is 23.6. The molecule has 2 aromatic carbocycles. The predicted octanol–water partition coefficient (Wildman–Crippen LogP) is 2.75. The summed E-state index contributed by atoms with van der Waals surface area (Å²) in [6.07, 6.45) is 0.262. The van der Waals surface area contributed by atoms with Gasteiger partial charge in [0.1, 0.15) is 11.5 Å². The fourth-order valence-electron chi connectivity index (χ4n) is 2.62. The molecule has 0 radical (unpaired) electrons. The third-order valence-electron chi connectivity index (χ3n) is 4.40. The summed E-state index contributed by atoms with van der Waals surface area (Å²) in [5.41, 5.74) is 3.01. The van der Waals surface area contributed by atoms with Crippen LogP contribution in [0.4, 0.5) is 0 Å². The van der Waals surface area contributed by atoms with E-state index in [0.29, 0.717) is 11.5 Å². The number of hydrogen-bond acceptors (Lipinski definition) is 4. The molecule has 0 saturated carbocycles. The number of carboxylic acid groups (broad SMARTS) is 1. The van der Waals surface area contributed by atoms with Gasteiger partial charge in [-0.2, -0.15) is 0 Å². The minimum atomic E-state index is -0.976. The Morgan fingerprint density at radius 1 is 1.11 bits per heavy atom. The minimum absolute atomic E-state index is 0.0164. The SMILES string of the molecule is COc1ccccc1CC(CNC(=O)COc1ccc(C)c(C)c1)C(=O)O. The number of amides is 1. The number of hydrogen-bond donors (Lipinski definition) is 2. The van der Waals surface area contributed by atoms with Crippen LogP contribution in [0.15, 0.2) is 42.5 Å². The Labute approximate surface area is 159 Å². The monoisotopic (exact) mass is 371 g/mol. The number of carbonyl (C=O) groups is 2. The third kappa shape index (κ3) is 6.02. The summed E-state index contributed by atoms with van der Waals surface area (Å²) in [6.45, 7) is 3.82. The molecule has 0 aliphatic carbocycles. The number of nitrogens with one attached hydrogen (secondary N) is 1. The summed E-state index contributed by atoms with van der Waals surface area (Å²) in [5.74, 6) is -0.854. The standard InChI is InChI=1S/C21H25NO5/c1-14-8-9-18(10-15(14)2)27-13-20(23)22-12-17(21(24)25)11-16-6-4-5-7-19(16)26-3/h4-10,17H,11-13H2,1-3H3,(H,22,23)(H,24,25). The lowest BCUT2D eigenvalue weighted by Gasteiger charge is -2.16. The summed E-state index contributed by atoms with van der Waals surface area (Å²) in [5, 5.41) is 12.1. The maximum atomic E-state index is 12.0. The lowest BCUT2D eigenvalue weighted by atomic mass is 9.98. The van der Waals surface area contributed by atoms with E-state index >= 15 is 0 Å². The molecule has 27 heavy (non-hydrogen) atoms. The van der Waals surface area contributed by atoms with Crippen molar-refractivity contribution in [2.75, 3.05) is 20.3 Å². The highest BCUT2D eigenvalue weighted by atomic mass is 16.5. The van der Waals surface area contributed by atoms with Crippen LogP contribution in [0.2, 0.25) is 0 Å². The summed E-state index contributed by atoms with van der Waals surface area (Å²) >= 11 is 0. The molecule has 6 heteroatoms. The van der Waals surface area contributed by atoms with E-state index in [1.54, 1.807) is 19.2 Å². The first kappa shape index (κ1) is 20.3. The molecule has 0 saturated heterocycles. The number of carboxylic acids is 1. The Morgan fingerprint density at radius 3 is 2.52 bits per heavy atom. The molecule has 0 bridgehead atoms. The van der Waals surface area contributed by atoms with Crippen molar-refractivity contribution in [3.63, 3.8) is 0 Å². The normalized spacial score (nSPS) is 11.5. The van der Waals surface area contributed by atoms with Gasteiger partial charge in [-0.15, -0.1) is 0 Å². The van der Waals surface area contributed by atoms with Crippen LogP contribution in [0.25, 0.3) is 0 Å². The number of para-hydroxylation sites is 1. The minimum Gasteiger partial charge on any atom is -0.496 e. The van der Waals surface area contributed by atoms with E-state index < -0.39 is 11.9 Å².